The van der Waals surface area contributed by atoms with Gasteiger partial charge in [0.2, 0.25) is 17.7 Å². The van der Waals surface area contributed by atoms with E-state index in [0.717, 1.165) is 24.9 Å². The lowest BCUT2D eigenvalue weighted by Crippen LogP contribution is -2.44. The van der Waals surface area contributed by atoms with Crippen LogP contribution in [0, 0.1) is 41.4 Å². The Morgan fingerprint density at radius 3 is 2.03 bits per heavy atom. The summed E-state index contributed by atoms with van der Waals surface area (Å²) in [7, 11) is 0. The number of allylic oxidation sites excluding steroid dienone is 2. The van der Waals surface area contributed by atoms with E-state index in [2.05, 4.69) is 22.5 Å². The van der Waals surface area contributed by atoms with Gasteiger partial charge in [-0.05, 0) is 97.6 Å². The van der Waals surface area contributed by atoms with Crippen LogP contribution in [0.5, 0.6) is 0 Å². The first-order chi connectivity index (χ1) is 17.6. The Kier molecular flexibility index (Phi) is 5.12. The van der Waals surface area contributed by atoms with Crippen LogP contribution in [0.4, 0.5) is 5.69 Å². The largest absolute Gasteiger partial charge is 0.326 e. The molecule has 6 heteroatoms. The zero-order chi connectivity index (χ0) is 24.4. The third-order valence-corrected chi connectivity index (χ3v) is 9.51. The maximum absolute atomic E-state index is 13.4. The van der Waals surface area contributed by atoms with Crippen LogP contribution < -0.4 is 5.32 Å². The molecule has 6 aliphatic rings. The highest BCUT2D eigenvalue weighted by Gasteiger charge is 2.67. The van der Waals surface area contributed by atoms with E-state index >= 15 is 0 Å². The number of carbonyl (C=O) groups is 3. The summed E-state index contributed by atoms with van der Waals surface area (Å²) in [6, 6.07) is 12.0. The molecule has 0 unspecified atom stereocenters. The van der Waals surface area contributed by atoms with Crippen molar-refractivity contribution in [3.8, 4) is 0 Å². The van der Waals surface area contributed by atoms with E-state index in [-0.39, 0.29) is 53.4 Å². The number of imide groups is 1. The summed E-state index contributed by atoms with van der Waals surface area (Å²) < 4.78 is 0. The van der Waals surface area contributed by atoms with Crippen molar-refractivity contribution in [2.75, 3.05) is 5.32 Å². The molecule has 1 aromatic heterocycles. The van der Waals surface area contributed by atoms with Gasteiger partial charge >= 0.3 is 0 Å². The third kappa shape index (κ3) is 3.53. The van der Waals surface area contributed by atoms with Gasteiger partial charge in [0.1, 0.15) is 0 Å². The minimum Gasteiger partial charge on any atom is -0.326 e. The molecule has 1 aromatic carbocycles. The first-order valence-electron chi connectivity index (χ1n) is 13.4. The van der Waals surface area contributed by atoms with Crippen molar-refractivity contribution in [2.24, 2.45) is 41.4 Å². The molecule has 6 atom stereocenters. The van der Waals surface area contributed by atoms with Gasteiger partial charge in [-0.1, -0.05) is 24.3 Å². The summed E-state index contributed by atoms with van der Waals surface area (Å²) in [6.45, 7) is 0. The number of aromatic nitrogens is 1. The summed E-state index contributed by atoms with van der Waals surface area (Å²) in [6.07, 6.45) is 12.9. The molecule has 6 nitrogen and oxygen atoms in total. The predicted octanol–water partition coefficient (Wildman–Crippen LogP) is 4.22. The Morgan fingerprint density at radius 2 is 1.42 bits per heavy atom. The number of hydrogen-bond acceptors (Lipinski definition) is 4. The number of nitrogens with zero attached hydrogens (tertiary/aromatic N) is 2. The van der Waals surface area contributed by atoms with Crippen LogP contribution in [0.2, 0.25) is 0 Å². The molecule has 184 valence electrons. The molecule has 1 saturated heterocycles. The van der Waals surface area contributed by atoms with Crippen molar-refractivity contribution in [3.63, 3.8) is 0 Å². The Morgan fingerprint density at radius 1 is 0.833 bits per heavy atom. The van der Waals surface area contributed by atoms with Crippen molar-refractivity contribution >= 4 is 23.4 Å². The maximum atomic E-state index is 13.4. The second-order valence-corrected chi connectivity index (χ2v) is 11.4. The first kappa shape index (κ1) is 22.0. The highest BCUT2D eigenvalue weighted by atomic mass is 16.2. The lowest BCUT2D eigenvalue weighted by Gasteiger charge is -2.37. The number of amides is 3. The van der Waals surface area contributed by atoms with Gasteiger partial charge in [-0.25, -0.2) is 0 Å². The van der Waals surface area contributed by atoms with Crippen molar-refractivity contribution in [1.29, 1.82) is 0 Å². The fourth-order valence-corrected chi connectivity index (χ4v) is 7.62. The number of nitrogens with one attached hydrogen (secondary N) is 1. The first-order valence-corrected chi connectivity index (χ1v) is 13.4. The second-order valence-electron chi connectivity index (χ2n) is 11.4. The van der Waals surface area contributed by atoms with Gasteiger partial charge < -0.3 is 5.32 Å². The van der Waals surface area contributed by atoms with Crippen molar-refractivity contribution in [3.05, 3.63) is 72.1 Å². The van der Waals surface area contributed by atoms with Gasteiger partial charge in [-0.2, -0.15) is 0 Å². The minimum absolute atomic E-state index is 0.0328. The summed E-state index contributed by atoms with van der Waals surface area (Å²) >= 11 is 0. The molecule has 3 amide bonds. The molecule has 4 fully saturated rings. The van der Waals surface area contributed by atoms with Gasteiger partial charge in [0.05, 0.1) is 11.8 Å². The molecule has 2 aromatic rings. The van der Waals surface area contributed by atoms with Crippen molar-refractivity contribution in [1.82, 2.24) is 9.88 Å². The van der Waals surface area contributed by atoms with Crippen LogP contribution in [0.15, 0.2) is 60.9 Å². The number of rotatable bonds is 5. The fourth-order valence-electron chi connectivity index (χ4n) is 7.62. The highest BCUT2D eigenvalue weighted by molar-refractivity contribution is 6.06. The van der Waals surface area contributed by atoms with E-state index in [1.807, 2.05) is 36.4 Å². The molecule has 5 aliphatic carbocycles. The Labute approximate surface area is 211 Å². The quantitative estimate of drug-likeness (QED) is 0.512. The topological polar surface area (TPSA) is 79.4 Å². The van der Waals surface area contributed by atoms with Crippen LogP contribution in [0.25, 0.3) is 0 Å². The van der Waals surface area contributed by atoms with E-state index in [4.69, 9.17) is 0 Å². The maximum Gasteiger partial charge on any atom is 0.233 e. The molecule has 2 bridgehead atoms. The molecule has 1 aliphatic heterocycles. The molecule has 3 saturated carbocycles. The van der Waals surface area contributed by atoms with Crippen LogP contribution in [0.3, 0.4) is 0 Å². The van der Waals surface area contributed by atoms with Crippen LogP contribution in [-0.4, -0.2) is 33.6 Å². The summed E-state index contributed by atoms with van der Waals surface area (Å²) in [5.41, 5.74) is 3.19. The lowest BCUT2D eigenvalue weighted by molar-refractivity contribution is -0.144. The summed E-state index contributed by atoms with van der Waals surface area (Å²) in [4.78, 5) is 45.4. The standard InChI is InChI=1S/C30H31N3O3/c34-28(32-20-5-1-17(2-6-20)15-18-11-13-31-14-12-18)19-3-7-21(8-4-19)33-29(35)26-22-9-10-23(25-16-24(22)25)27(26)30(33)36/h1-2,5-6,9-14,19,21-27H,3-4,7-8,15-16H2,(H,32,34)/t19?,21?,22-,23-,24-,25+,26+,27+/m0/s1. The highest BCUT2D eigenvalue weighted by Crippen LogP contribution is 2.65. The van der Waals surface area contributed by atoms with E-state index < -0.39 is 0 Å². The summed E-state index contributed by atoms with van der Waals surface area (Å²) in [5.74, 6) is 1.61. The number of anilines is 1. The molecule has 36 heavy (non-hydrogen) atoms. The smallest absolute Gasteiger partial charge is 0.233 e. The number of benzene rings is 1. The Hall–Kier alpha value is -3.28. The van der Waals surface area contributed by atoms with Gasteiger partial charge in [0.15, 0.2) is 0 Å². The normalized spacial score (nSPS) is 35.9. The lowest BCUT2D eigenvalue weighted by atomic mass is 9.63. The summed E-state index contributed by atoms with van der Waals surface area (Å²) in [5, 5.41) is 3.07. The number of hydrogen-bond donors (Lipinski definition) is 1. The molecule has 0 radical (unpaired) electrons. The van der Waals surface area contributed by atoms with E-state index in [1.54, 1.807) is 17.3 Å². The fraction of sp³-hybridized carbons (Fsp3) is 0.467. The van der Waals surface area contributed by atoms with Crippen molar-refractivity contribution in [2.45, 2.75) is 44.6 Å². The number of carbonyl (C=O) groups excluding carboxylic acids is 3. The van der Waals surface area contributed by atoms with E-state index in [9.17, 15) is 14.4 Å². The Bertz CT molecular complexity index is 1200. The molecule has 2 heterocycles. The van der Waals surface area contributed by atoms with Crippen LogP contribution in [-0.2, 0) is 20.8 Å². The minimum atomic E-state index is -0.126. The van der Waals surface area contributed by atoms with E-state index in [1.165, 1.54) is 17.5 Å². The predicted molar refractivity (Wildman–Crippen MR) is 134 cm³/mol. The molecule has 1 N–H and O–H groups in total. The van der Waals surface area contributed by atoms with E-state index in [0.29, 0.717) is 24.7 Å². The van der Waals surface area contributed by atoms with Gasteiger partial charge in [0.25, 0.3) is 0 Å². The zero-order valence-electron chi connectivity index (χ0n) is 20.3. The average molecular weight is 482 g/mol. The molecular formula is C30H31N3O3. The molecular weight excluding hydrogens is 450 g/mol. The van der Waals surface area contributed by atoms with Crippen molar-refractivity contribution < 1.29 is 14.4 Å². The number of likely N-dealkylation sites (tertiary alicyclic amines) is 1. The average Bonchev–Trinajstić information content (AvgIpc) is 3.69. The second kappa shape index (κ2) is 8.39. The zero-order valence-corrected chi connectivity index (χ0v) is 20.3. The SMILES string of the molecule is O=C(Nc1ccc(Cc2ccncc2)cc1)C1CCC(N2C(=O)[C@@H]3[C@H]4C=C[C@@H]([C@@H]5C[C@H]45)[C@H]3C2=O)CC1. The monoisotopic (exact) mass is 481 g/mol. The van der Waals surface area contributed by atoms with Crippen LogP contribution in [0.1, 0.15) is 43.2 Å². The number of pyridine rings is 1. The van der Waals surface area contributed by atoms with Gasteiger partial charge in [-0.3, -0.25) is 24.3 Å². The third-order valence-electron chi connectivity index (χ3n) is 9.51. The Balaban J connectivity index is 0.950. The van der Waals surface area contributed by atoms with Gasteiger partial charge in [-0.15, -0.1) is 0 Å². The van der Waals surface area contributed by atoms with Crippen LogP contribution >= 0.6 is 0 Å². The molecule has 0 spiro atoms. The molecule has 8 rings (SSSR count). The van der Waals surface area contributed by atoms with Gasteiger partial charge in [0, 0.05) is 30.0 Å².